The summed E-state index contributed by atoms with van der Waals surface area (Å²) in [6.45, 7) is 3.38. The van der Waals surface area contributed by atoms with Crippen LogP contribution in [0, 0.1) is 11.6 Å². The highest BCUT2D eigenvalue weighted by molar-refractivity contribution is 5.93. The molecule has 0 spiro atoms. The Kier molecular flexibility index (Phi) is 4.66. The van der Waals surface area contributed by atoms with Crippen LogP contribution in [0.4, 0.5) is 14.6 Å². The van der Waals surface area contributed by atoms with Gasteiger partial charge in [-0.2, -0.15) is 0 Å². The van der Waals surface area contributed by atoms with Crippen LogP contribution >= 0.6 is 0 Å². The number of carbonyl (C=O) groups is 1. The van der Waals surface area contributed by atoms with E-state index in [-0.39, 0.29) is 5.56 Å². The Morgan fingerprint density at radius 2 is 1.92 bits per heavy atom. The summed E-state index contributed by atoms with van der Waals surface area (Å²) in [6.07, 6.45) is 4.03. The number of nitrogens with two attached hydrogens (primary N) is 1. The number of benzene rings is 1. The molecule has 1 amide bonds. The number of rotatable bonds is 3. The Hall–Kier alpha value is -2.61. The Balaban J connectivity index is 1.95. The fourth-order valence-electron chi connectivity index (χ4n) is 2.68. The molecule has 0 bridgehead atoms. The van der Waals surface area contributed by atoms with Crippen LogP contribution in [0.25, 0.3) is 11.3 Å². The Bertz CT molecular complexity index is 737. The molecule has 2 aromatic rings. The van der Waals surface area contributed by atoms with Crippen molar-refractivity contribution in [1.29, 1.82) is 0 Å². The van der Waals surface area contributed by atoms with Gasteiger partial charge >= 0.3 is 0 Å². The summed E-state index contributed by atoms with van der Waals surface area (Å²) in [5.74, 6) is -2.52. The fraction of sp³-hybridized carbons (Fsp3) is 0.312. The first-order chi connectivity index (χ1) is 11.6. The van der Waals surface area contributed by atoms with Gasteiger partial charge in [0.1, 0.15) is 23.0 Å². The molecule has 1 aromatic carbocycles. The molecule has 1 aromatic heterocycles. The lowest BCUT2D eigenvalue weighted by Crippen LogP contribution is -2.28. The summed E-state index contributed by atoms with van der Waals surface area (Å²) in [5.41, 5.74) is 4.77. The van der Waals surface area contributed by atoms with E-state index in [1.807, 2.05) is 0 Å². The van der Waals surface area contributed by atoms with Gasteiger partial charge in [0.05, 0.1) is 18.1 Å². The first-order valence-corrected chi connectivity index (χ1v) is 7.63. The lowest BCUT2D eigenvalue weighted by Gasteiger charge is -2.21. The van der Waals surface area contributed by atoms with Crippen molar-refractivity contribution in [3.63, 3.8) is 0 Å². The van der Waals surface area contributed by atoms with E-state index in [1.54, 1.807) is 6.20 Å². The van der Waals surface area contributed by atoms with Crippen LogP contribution in [-0.2, 0) is 0 Å². The quantitative estimate of drug-likeness (QED) is 0.885. The monoisotopic (exact) mass is 333 g/mol. The third-order valence-electron chi connectivity index (χ3n) is 3.87. The van der Waals surface area contributed by atoms with Gasteiger partial charge in [-0.15, -0.1) is 0 Å². The zero-order valence-corrected chi connectivity index (χ0v) is 12.9. The minimum absolute atomic E-state index is 0.206. The molecular formula is C16H17F2N5O. The third-order valence-corrected chi connectivity index (χ3v) is 3.87. The molecule has 0 radical (unpaired) electrons. The number of nitrogens with one attached hydrogen (secondary N) is 1. The Morgan fingerprint density at radius 1 is 1.17 bits per heavy atom. The van der Waals surface area contributed by atoms with Crippen molar-refractivity contribution >= 4 is 11.7 Å². The molecule has 1 aliphatic rings. The van der Waals surface area contributed by atoms with Crippen molar-refractivity contribution in [2.75, 3.05) is 31.1 Å². The van der Waals surface area contributed by atoms with Gasteiger partial charge in [0.2, 0.25) is 0 Å². The topological polar surface area (TPSA) is 84.1 Å². The molecule has 0 aliphatic carbocycles. The van der Waals surface area contributed by atoms with Gasteiger partial charge < -0.3 is 16.0 Å². The molecule has 1 saturated heterocycles. The number of nitrogens with zero attached hydrogens (tertiary/aromatic N) is 3. The average Bonchev–Trinajstić information content (AvgIpc) is 2.83. The number of amides is 1. The second kappa shape index (κ2) is 6.88. The Morgan fingerprint density at radius 3 is 2.62 bits per heavy atom. The SMILES string of the molecule is NC(=O)c1c(F)cc(-c2cncc(N3CCCNCC3)n2)cc1F. The van der Waals surface area contributed by atoms with Crippen molar-refractivity contribution in [2.24, 2.45) is 5.73 Å². The van der Waals surface area contributed by atoms with E-state index in [9.17, 15) is 13.6 Å². The predicted octanol–water partition coefficient (Wildman–Crippen LogP) is 1.32. The summed E-state index contributed by atoms with van der Waals surface area (Å²) in [4.78, 5) is 21.7. The summed E-state index contributed by atoms with van der Waals surface area (Å²) in [5, 5.41) is 3.29. The van der Waals surface area contributed by atoms with Crippen LogP contribution in [0.5, 0.6) is 0 Å². The second-order valence-corrected chi connectivity index (χ2v) is 5.53. The van der Waals surface area contributed by atoms with Crippen molar-refractivity contribution in [1.82, 2.24) is 15.3 Å². The maximum Gasteiger partial charge on any atom is 0.254 e. The number of anilines is 1. The van der Waals surface area contributed by atoms with Crippen LogP contribution in [0.15, 0.2) is 24.5 Å². The van der Waals surface area contributed by atoms with Crippen LogP contribution in [-0.4, -0.2) is 42.1 Å². The second-order valence-electron chi connectivity index (χ2n) is 5.53. The summed E-state index contributed by atoms with van der Waals surface area (Å²) in [6, 6.07) is 2.09. The first kappa shape index (κ1) is 16.3. The highest BCUT2D eigenvalue weighted by Gasteiger charge is 2.18. The molecule has 24 heavy (non-hydrogen) atoms. The average molecular weight is 333 g/mol. The van der Waals surface area contributed by atoms with Crippen LogP contribution in [0.2, 0.25) is 0 Å². The van der Waals surface area contributed by atoms with Crippen molar-refractivity contribution < 1.29 is 13.6 Å². The highest BCUT2D eigenvalue weighted by Crippen LogP contribution is 2.24. The van der Waals surface area contributed by atoms with E-state index in [4.69, 9.17) is 5.73 Å². The van der Waals surface area contributed by atoms with Gasteiger partial charge in [0, 0.05) is 25.2 Å². The van der Waals surface area contributed by atoms with Crippen LogP contribution in [0.3, 0.4) is 0 Å². The number of carbonyl (C=O) groups excluding carboxylic acids is 1. The minimum Gasteiger partial charge on any atom is -0.365 e. The van der Waals surface area contributed by atoms with E-state index in [2.05, 4.69) is 20.2 Å². The van der Waals surface area contributed by atoms with E-state index >= 15 is 0 Å². The number of hydrogen-bond acceptors (Lipinski definition) is 5. The maximum atomic E-state index is 13.9. The molecule has 1 fully saturated rings. The minimum atomic E-state index is -1.14. The predicted molar refractivity (Wildman–Crippen MR) is 85.6 cm³/mol. The summed E-state index contributed by atoms with van der Waals surface area (Å²) >= 11 is 0. The van der Waals surface area contributed by atoms with Gasteiger partial charge in [-0.3, -0.25) is 9.78 Å². The largest absolute Gasteiger partial charge is 0.365 e. The normalized spacial score (nSPS) is 15.2. The van der Waals surface area contributed by atoms with Crippen molar-refractivity contribution in [2.45, 2.75) is 6.42 Å². The molecule has 126 valence electrons. The van der Waals surface area contributed by atoms with Gasteiger partial charge in [0.25, 0.3) is 5.91 Å². The molecule has 8 heteroatoms. The molecule has 6 nitrogen and oxygen atoms in total. The summed E-state index contributed by atoms with van der Waals surface area (Å²) in [7, 11) is 0. The molecule has 3 N–H and O–H groups in total. The Labute approximate surface area is 137 Å². The number of hydrogen-bond donors (Lipinski definition) is 2. The highest BCUT2D eigenvalue weighted by atomic mass is 19.1. The number of primary amides is 1. The van der Waals surface area contributed by atoms with Crippen molar-refractivity contribution in [3.8, 4) is 11.3 Å². The smallest absolute Gasteiger partial charge is 0.254 e. The van der Waals surface area contributed by atoms with Crippen molar-refractivity contribution in [3.05, 3.63) is 41.7 Å². The zero-order chi connectivity index (χ0) is 17.1. The first-order valence-electron chi connectivity index (χ1n) is 7.63. The van der Waals surface area contributed by atoms with E-state index in [0.29, 0.717) is 11.5 Å². The van der Waals surface area contributed by atoms with E-state index in [0.717, 1.165) is 44.7 Å². The fourth-order valence-corrected chi connectivity index (χ4v) is 2.68. The lowest BCUT2D eigenvalue weighted by molar-refractivity contribution is 0.0992. The number of halogens is 2. The number of aromatic nitrogens is 2. The summed E-state index contributed by atoms with van der Waals surface area (Å²) < 4.78 is 27.9. The third kappa shape index (κ3) is 3.33. The maximum absolute atomic E-state index is 13.9. The molecule has 0 unspecified atom stereocenters. The van der Waals surface area contributed by atoms with Gasteiger partial charge in [0.15, 0.2) is 0 Å². The molecule has 2 heterocycles. The van der Waals surface area contributed by atoms with Crippen LogP contribution < -0.4 is 16.0 Å². The van der Waals surface area contributed by atoms with Gasteiger partial charge in [-0.05, 0) is 25.1 Å². The molecule has 0 saturated carbocycles. The molecule has 1 aliphatic heterocycles. The van der Waals surface area contributed by atoms with Crippen LogP contribution in [0.1, 0.15) is 16.8 Å². The zero-order valence-electron chi connectivity index (χ0n) is 12.9. The van der Waals surface area contributed by atoms with Gasteiger partial charge in [-0.1, -0.05) is 0 Å². The lowest BCUT2D eigenvalue weighted by atomic mass is 10.1. The molecular weight excluding hydrogens is 316 g/mol. The van der Waals surface area contributed by atoms with Gasteiger partial charge in [-0.25, -0.2) is 13.8 Å². The van der Waals surface area contributed by atoms with E-state index in [1.165, 1.54) is 6.20 Å². The standard InChI is InChI=1S/C16H17F2N5O/c17-11-6-10(7-12(18)15(11)16(19)24)13-8-21-9-14(22-13)23-4-1-2-20-3-5-23/h6-9,20H,1-5H2,(H2,19,24). The molecule has 3 rings (SSSR count). The molecule has 0 atom stereocenters. The van der Waals surface area contributed by atoms with E-state index < -0.39 is 23.1 Å².